The number of hydrogen-bond acceptors (Lipinski definition) is 3. The van der Waals surface area contributed by atoms with E-state index in [2.05, 4.69) is 0 Å². The third-order valence-corrected chi connectivity index (χ3v) is 4.93. The lowest BCUT2D eigenvalue weighted by atomic mass is 9.77. The van der Waals surface area contributed by atoms with E-state index in [0.717, 1.165) is 24.2 Å². The molecule has 0 unspecified atom stereocenters. The fourth-order valence-corrected chi connectivity index (χ4v) is 4.40. The van der Waals surface area contributed by atoms with E-state index in [9.17, 15) is 4.79 Å². The van der Waals surface area contributed by atoms with E-state index >= 15 is 0 Å². The second-order valence-electron chi connectivity index (χ2n) is 5.48. The molecule has 3 heteroatoms. The van der Waals surface area contributed by atoms with E-state index in [1.807, 2.05) is 6.92 Å². The Morgan fingerprint density at radius 2 is 1.88 bits per heavy atom. The minimum Gasteiger partial charge on any atom is -0.435 e. The summed E-state index contributed by atoms with van der Waals surface area (Å²) in [7, 11) is 0. The van der Waals surface area contributed by atoms with Crippen LogP contribution in [0.25, 0.3) is 0 Å². The Morgan fingerprint density at radius 1 is 1.12 bits per heavy atom. The molecule has 3 saturated carbocycles. The molecule has 0 aromatic rings. The molecule has 3 aliphatic carbocycles. The molecule has 0 amide bonds. The number of ether oxygens (including phenoxy) is 2. The van der Waals surface area contributed by atoms with E-state index in [1.54, 1.807) is 0 Å². The summed E-state index contributed by atoms with van der Waals surface area (Å²) in [5, 5.41) is 0. The van der Waals surface area contributed by atoms with Crippen LogP contribution in [0.4, 0.5) is 4.79 Å². The van der Waals surface area contributed by atoms with Gasteiger partial charge < -0.3 is 9.47 Å². The molecule has 0 aromatic carbocycles. The summed E-state index contributed by atoms with van der Waals surface area (Å²) in [5.74, 6) is 3.25. The van der Waals surface area contributed by atoms with Crippen molar-refractivity contribution >= 4 is 6.16 Å². The minimum absolute atomic E-state index is 0.148. The Hall–Kier alpha value is -0.730. The predicted molar refractivity (Wildman–Crippen MR) is 58.9 cm³/mol. The van der Waals surface area contributed by atoms with Gasteiger partial charge in [0.05, 0.1) is 6.61 Å². The maximum atomic E-state index is 11.4. The van der Waals surface area contributed by atoms with Crippen molar-refractivity contribution in [3.05, 3.63) is 0 Å². The van der Waals surface area contributed by atoms with E-state index in [-0.39, 0.29) is 6.10 Å². The van der Waals surface area contributed by atoms with Crippen LogP contribution < -0.4 is 0 Å². The highest BCUT2D eigenvalue weighted by atomic mass is 16.7. The van der Waals surface area contributed by atoms with Gasteiger partial charge >= 0.3 is 6.16 Å². The van der Waals surface area contributed by atoms with Crippen LogP contribution >= 0.6 is 0 Å². The molecular formula is C13H20O3. The van der Waals surface area contributed by atoms with Gasteiger partial charge in [0, 0.05) is 0 Å². The van der Waals surface area contributed by atoms with Crippen molar-refractivity contribution in [3.63, 3.8) is 0 Å². The smallest absolute Gasteiger partial charge is 0.435 e. The van der Waals surface area contributed by atoms with Crippen molar-refractivity contribution in [1.82, 2.24) is 0 Å². The second-order valence-corrected chi connectivity index (χ2v) is 5.48. The van der Waals surface area contributed by atoms with E-state index < -0.39 is 6.16 Å². The maximum Gasteiger partial charge on any atom is 0.508 e. The summed E-state index contributed by atoms with van der Waals surface area (Å²) < 4.78 is 10.4. The number of hydrogen-bond donors (Lipinski definition) is 0. The van der Waals surface area contributed by atoms with Gasteiger partial charge in [0.25, 0.3) is 0 Å². The van der Waals surface area contributed by atoms with Crippen molar-refractivity contribution in [2.75, 3.05) is 6.61 Å². The van der Waals surface area contributed by atoms with Crippen LogP contribution in [0.5, 0.6) is 0 Å². The first-order valence-corrected chi connectivity index (χ1v) is 6.63. The van der Waals surface area contributed by atoms with Gasteiger partial charge in [-0.05, 0) is 62.7 Å². The third kappa shape index (κ3) is 1.52. The van der Waals surface area contributed by atoms with Crippen molar-refractivity contribution in [1.29, 1.82) is 0 Å². The average Bonchev–Trinajstić information content (AvgIpc) is 2.71. The average molecular weight is 224 g/mol. The fourth-order valence-electron chi connectivity index (χ4n) is 4.40. The molecule has 5 atom stereocenters. The molecule has 0 N–H and O–H groups in total. The van der Waals surface area contributed by atoms with E-state index in [0.29, 0.717) is 12.5 Å². The standard InChI is InChI=1S/C13H20O3/c1-2-15-13(14)16-12-7-8-3-4-10-9(8)5-6-11(10)12/h8-12H,2-7H2,1H3/t8-,9+,10-,11+,12+/m0/s1. The van der Waals surface area contributed by atoms with Gasteiger partial charge in [0.1, 0.15) is 6.10 Å². The number of rotatable bonds is 2. The molecule has 3 fully saturated rings. The van der Waals surface area contributed by atoms with Crippen molar-refractivity contribution in [2.45, 2.75) is 45.1 Å². The Bertz CT molecular complexity index is 289. The SMILES string of the molecule is CCOC(=O)O[C@@H]1C[C@@H]2CC[C@H]3[C@@H]2CC[C@H]31. The minimum atomic E-state index is -0.461. The summed E-state index contributed by atoms with van der Waals surface area (Å²) in [6.07, 6.45) is 6.12. The quantitative estimate of drug-likeness (QED) is 0.676. The van der Waals surface area contributed by atoms with Crippen LogP contribution in [-0.2, 0) is 9.47 Å². The molecule has 3 nitrogen and oxygen atoms in total. The van der Waals surface area contributed by atoms with Crippen LogP contribution in [0.2, 0.25) is 0 Å². The van der Waals surface area contributed by atoms with Crippen LogP contribution in [0, 0.1) is 23.7 Å². The lowest BCUT2D eigenvalue weighted by Gasteiger charge is -2.34. The molecule has 90 valence electrons. The maximum absolute atomic E-state index is 11.4. The fraction of sp³-hybridized carbons (Fsp3) is 0.923. The van der Waals surface area contributed by atoms with E-state index in [1.165, 1.54) is 25.7 Å². The Morgan fingerprint density at radius 3 is 2.69 bits per heavy atom. The van der Waals surface area contributed by atoms with Gasteiger partial charge in [0.2, 0.25) is 0 Å². The zero-order chi connectivity index (χ0) is 11.1. The monoisotopic (exact) mass is 224 g/mol. The van der Waals surface area contributed by atoms with Crippen molar-refractivity contribution < 1.29 is 14.3 Å². The Kier molecular flexibility index (Phi) is 2.56. The molecular weight excluding hydrogens is 204 g/mol. The molecule has 0 heterocycles. The van der Waals surface area contributed by atoms with Gasteiger partial charge in [-0.2, -0.15) is 0 Å². The third-order valence-electron chi connectivity index (χ3n) is 4.93. The zero-order valence-corrected chi connectivity index (χ0v) is 9.85. The van der Waals surface area contributed by atoms with Gasteiger partial charge in [-0.15, -0.1) is 0 Å². The van der Waals surface area contributed by atoms with Crippen molar-refractivity contribution in [2.24, 2.45) is 23.7 Å². The highest BCUT2D eigenvalue weighted by molar-refractivity contribution is 5.60. The van der Waals surface area contributed by atoms with Gasteiger partial charge in [-0.1, -0.05) is 0 Å². The number of carbonyl (C=O) groups is 1. The topological polar surface area (TPSA) is 35.5 Å². The molecule has 3 aliphatic rings. The molecule has 0 aliphatic heterocycles. The lowest BCUT2D eigenvalue weighted by molar-refractivity contribution is -0.0248. The van der Waals surface area contributed by atoms with Gasteiger partial charge in [0.15, 0.2) is 0 Å². The highest BCUT2D eigenvalue weighted by Gasteiger charge is 2.53. The first kappa shape index (κ1) is 10.4. The van der Waals surface area contributed by atoms with Crippen molar-refractivity contribution in [3.8, 4) is 0 Å². The first-order chi connectivity index (χ1) is 7.79. The zero-order valence-electron chi connectivity index (χ0n) is 9.85. The normalized spacial score (nSPS) is 44.4. The molecule has 0 radical (unpaired) electrons. The van der Waals surface area contributed by atoms with Crippen LogP contribution in [0.15, 0.2) is 0 Å². The largest absolute Gasteiger partial charge is 0.508 e. The summed E-state index contributed by atoms with van der Waals surface area (Å²) in [6.45, 7) is 2.23. The highest BCUT2D eigenvalue weighted by Crippen LogP contribution is 2.58. The molecule has 4 bridgehead atoms. The van der Waals surface area contributed by atoms with Gasteiger partial charge in [-0.3, -0.25) is 0 Å². The summed E-state index contributed by atoms with van der Waals surface area (Å²) in [5.41, 5.74) is 0. The van der Waals surface area contributed by atoms with E-state index in [4.69, 9.17) is 9.47 Å². The molecule has 0 saturated heterocycles. The Balaban J connectivity index is 1.66. The van der Waals surface area contributed by atoms with Crippen LogP contribution in [0.1, 0.15) is 39.0 Å². The summed E-state index contributed by atoms with van der Waals surface area (Å²) >= 11 is 0. The second kappa shape index (κ2) is 3.94. The summed E-state index contributed by atoms with van der Waals surface area (Å²) in [4.78, 5) is 11.4. The van der Waals surface area contributed by atoms with Crippen LogP contribution in [-0.4, -0.2) is 18.9 Å². The number of carbonyl (C=O) groups excluding carboxylic acids is 1. The lowest BCUT2D eigenvalue weighted by Crippen LogP contribution is -2.35. The predicted octanol–water partition coefficient (Wildman–Crippen LogP) is 2.98. The van der Waals surface area contributed by atoms with Gasteiger partial charge in [-0.25, -0.2) is 4.79 Å². The molecule has 16 heavy (non-hydrogen) atoms. The Labute approximate surface area is 96.5 Å². The molecule has 0 spiro atoms. The first-order valence-electron chi connectivity index (χ1n) is 6.63. The molecule has 3 rings (SSSR count). The van der Waals surface area contributed by atoms with Crippen LogP contribution in [0.3, 0.4) is 0 Å². The summed E-state index contributed by atoms with van der Waals surface area (Å²) in [6, 6.07) is 0. The molecule has 0 aromatic heterocycles.